The fourth-order valence-corrected chi connectivity index (χ4v) is 1.70. The van der Waals surface area contributed by atoms with Gasteiger partial charge in [-0.1, -0.05) is 24.3 Å². The van der Waals surface area contributed by atoms with Gasteiger partial charge in [-0.25, -0.2) is 0 Å². The highest BCUT2D eigenvalue weighted by atomic mass is 16.2. The zero-order chi connectivity index (χ0) is 12.4. The SMILES string of the molecule is CN(C)C(=O)Cc1ccc(C(=O)C2CC2)cc1. The first-order chi connectivity index (χ1) is 8.08. The number of likely N-dealkylation sites (N-methyl/N-ethyl adjacent to an activating group) is 1. The van der Waals surface area contributed by atoms with Crippen molar-refractivity contribution in [3.8, 4) is 0 Å². The Bertz CT molecular complexity index is 430. The zero-order valence-electron chi connectivity index (χ0n) is 10.3. The second-order valence-electron chi connectivity index (χ2n) is 4.80. The first kappa shape index (κ1) is 11.8. The van der Waals surface area contributed by atoms with Gasteiger partial charge in [0, 0.05) is 25.6 Å². The molecule has 0 aromatic heterocycles. The van der Waals surface area contributed by atoms with Gasteiger partial charge in [0.25, 0.3) is 0 Å². The van der Waals surface area contributed by atoms with Gasteiger partial charge < -0.3 is 4.90 Å². The van der Waals surface area contributed by atoms with Crippen LogP contribution in [0.2, 0.25) is 0 Å². The van der Waals surface area contributed by atoms with Crippen molar-refractivity contribution in [2.24, 2.45) is 5.92 Å². The van der Waals surface area contributed by atoms with Gasteiger partial charge >= 0.3 is 0 Å². The Morgan fingerprint density at radius 1 is 1.18 bits per heavy atom. The molecule has 0 atom stereocenters. The third kappa shape index (κ3) is 2.93. The van der Waals surface area contributed by atoms with Gasteiger partial charge in [-0.2, -0.15) is 0 Å². The van der Waals surface area contributed by atoms with E-state index in [2.05, 4.69) is 0 Å². The van der Waals surface area contributed by atoms with Crippen LogP contribution in [0.1, 0.15) is 28.8 Å². The highest BCUT2D eigenvalue weighted by molar-refractivity contribution is 5.99. The molecule has 1 amide bonds. The van der Waals surface area contributed by atoms with E-state index in [1.165, 1.54) is 0 Å². The van der Waals surface area contributed by atoms with Gasteiger partial charge in [0.1, 0.15) is 0 Å². The Labute approximate surface area is 101 Å². The minimum absolute atomic E-state index is 0.0752. The summed E-state index contributed by atoms with van der Waals surface area (Å²) in [6, 6.07) is 7.41. The van der Waals surface area contributed by atoms with Crippen LogP contribution in [0.3, 0.4) is 0 Å². The minimum atomic E-state index is 0.0752. The van der Waals surface area contributed by atoms with Crippen molar-refractivity contribution in [1.82, 2.24) is 4.90 Å². The Hall–Kier alpha value is -1.64. The third-order valence-electron chi connectivity index (χ3n) is 3.04. The van der Waals surface area contributed by atoms with E-state index >= 15 is 0 Å². The van der Waals surface area contributed by atoms with Crippen LogP contribution in [-0.2, 0) is 11.2 Å². The molecule has 0 bridgehead atoms. The number of amides is 1. The monoisotopic (exact) mass is 231 g/mol. The van der Waals surface area contributed by atoms with Gasteiger partial charge in [0.05, 0.1) is 6.42 Å². The molecule has 3 heteroatoms. The molecule has 1 saturated carbocycles. The van der Waals surface area contributed by atoms with Crippen LogP contribution in [-0.4, -0.2) is 30.7 Å². The Kier molecular flexibility index (Phi) is 3.27. The molecule has 90 valence electrons. The lowest BCUT2D eigenvalue weighted by atomic mass is 10.0. The fourth-order valence-electron chi connectivity index (χ4n) is 1.70. The molecule has 0 saturated heterocycles. The van der Waals surface area contributed by atoms with Crippen molar-refractivity contribution in [1.29, 1.82) is 0 Å². The van der Waals surface area contributed by atoms with Crippen molar-refractivity contribution >= 4 is 11.7 Å². The molecule has 0 heterocycles. The van der Waals surface area contributed by atoms with Gasteiger partial charge in [-0.15, -0.1) is 0 Å². The topological polar surface area (TPSA) is 37.4 Å². The maximum absolute atomic E-state index is 11.8. The molecule has 17 heavy (non-hydrogen) atoms. The van der Waals surface area contributed by atoms with Crippen LogP contribution >= 0.6 is 0 Å². The van der Waals surface area contributed by atoms with Crippen molar-refractivity contribution in [3.63, 3.8) is 0 Å². The summed E-state index contributed by atoms with van der Waals surface area (Å²) in [5, 5.41) is 0. The van der Waals surface area contributed by atoms with Crippen LogP contribution in [0.4, 0.5) is 0 Å². The standard InChI is InChI=1S/C14H17NO2/c1-15(2)13(16)9-10-3-5-11(6-4-10)14(17)12-7-8-12/h3-6,12H,7-9H2,1-2H3. The van der Waals surface area contributed by atoms with Gasteiger partial charge in [-0.3, -0.25) is 9.59 Å². The lowest BCUT2D eigenvalue weighted by Crippen LogP contribution is -2.23. The number of hydrogen-bond donors (Lipinski definition) is 0. The number of rotatable bonds is 4. The number of carbonyl (C=O) groups is 2. The molecular weight excluding hydrogens is 214 g/mol. The summed E-state index contributed by atoms with van der Waals surface area (Å²) in [4.78, 5) is 24.9. The molecule has 0 unspecified atom stereocenters. The molecule has 3 nitrogen and oxygen atoms in total. The smallest absolute Gasteiger partial charge is 0.226 e. The molecule has 0 spiro atoms. The fraction of sp³-hybridized carbons (Fsp3) is 0.429. The Morgan fingerprint density at radius 3 is 2.24 bits per heavy atom. The largest absolute Gasteiger partial charge is 0.349 e. The maximum atomic E-state index is 11.8. The summed E-state index contributed by atoms with van der Waals surface area (Å²) in [6.07, 6.45) is 2.45. The molecule has 1 aliphatic carbocycles. The third-order valence-corrected chi connectivity index (χ3v) is 3.04. The molecule has 1 fully saturated rings. The molecule has 1 aromatic rings. The van der Waals surface area contributed by atoms with E-state index in [4.69, 9.17) is 0 Å². The predicted octanol–water partition coefficient (Wildman–Crippen LogP) is 1.91. The Morgan fingerprint density at radius 2 is 1.76 bits per heavy atom. The van der Waals surface area contributed by atoms with Crippen molar-refractivity contribution in [2.75, 3.05) is 14.1 Å². The molecule has 2 rings (SSSR count). The summed E-state index contributed by atoms with van der Waals surface area (Å²) in [5.41, 5.74) is 1.73. The lowest BCUT2D eigenvalue weighted by molar-refractivity contribution is -0.127. The van der Waals surface area contributed by atoms with E-state index in [9.17, 15) is 9.59 Å². The summed E-state index contributed by atoms with van der Waals surface area (Å²) < 4.78 is 0. The van der Waals surface area contributed by atoms with Crippen LogP contribution in [0.25, 0.3) is 0 Å². The number of ketones is 1. The minimum Gasteiger partial charge on any atom is -0.349 e. The number of Topliss-reactive ketones (excluding diaryl/α,β-unsaturated/α-hetero) is 1. The van der Waals surface area contributed by atoms with Crippen LogP contribution < -0.4 is 0 Å². The van der Waals surface area contributed by atoms with Gasteiger partial charge in [0.15, 0.2) is 5.78 Å². The summed E-state index contributed by atoms with van der Waals surface area (Å²) in [6.45, 7) is 0. The second-order valence-corrected chi connectivity index (χ2v) is 4.80. The molecule has 0 N–H and O–H groups in total. The number of carbonyl (C=O) groups excluding carboxylic acids is 2. The number of hydrogen-bond acceptors (Lipinski definition) is 2. The van der Waals surface area contributed by atoms with Crippen LogP contribution in [0.5, 0.6) is 0 Å². The zero-order valence-corrected chi connectivity index (χ0v) is 10.3. The van der Waals surface area contributed by atoms with E-state index in [0.29, 0.717) is 6.42 Å². The normalized spacial score (nSPS) is 14.5. The van der Waals surface area contributed by atoms with E-state index < -0.39 is 0 Å². The maximum Gasteiger partial charge on any atom is 0.226 e. The molecule has 1 aliphatic rings. The quantitative estimate of drug-likeness (QED) is 0.742. The number of benzene rings is 1. The highest BCUT2D eigenvalue weighted by Crippen LogP contribution is 2.32. The predicted molar refractivity (Wildman–Crippen MR) is 65.9 cm³/mol. The van der Waals surface area contributed by atoms with Gasteiger partial charge in [0.2, 0.25) is 5.91 Å². The van der Waals surface area contributed by atoms with Crippen molar-refractivity contribution in [2.45, 2.75) is 19.3 Å². The first-order valence-electron chi connectivity index (χ1n) is 5.91. The van der Waals surface area contributed by atoms with Crippen molar-refractivity contribution < 1.29 is 9.59 Å². The average molecular weight is 231 g/mol. The Balaban J connectivity index is 2.02. The van der Waals surface area contributed by atoms with E-state index in [1.807, 2.05) is 24.3 Å². The molecule has 0 radical (unpaired) electrons. The molecule has 0 aliphatic heterocycles. The van der Waals surface area contributed by atoms with Gasteiger partial charge in [-0.05, 0) is 18.4 Å². The average Bonchev–Trinajstić information content (AvgIpc) is 3.13. The van der Waals surface area contributed by atoms with Crippen molar-refractivity contribution in [3.05, 3.63) is 35.4 Å². The first-order valence-corrected chi connectivity index (χ1v) is 5.91. The second kappa shape index (κ2) is 4.70. The van der Waals surface area contributed by atoms with E-state index in [-0.39, 0.29) is 17.6 Å². The van der Waals surface area contributed by atoms with E-state index in [0.717, 1.165) is 24.0 Å². The van der Waals surface area contributed by atoms with E-state index in [1.54, 1.807) is 19.0 Å². The number of nitrogens with zero attached hydrogens (tertiary/aromatic N) is 1. The molecule has 1 aromatic carbocycles. The molecular formula is C14H17NO2. The van der Waals surface area contributed by atoms with Crippen LogP contribution in [0.15, 0.2) is 24.3 Å². The summed E-state index contributed by atoms with van der Waals surface area (Å²) >= 11 is 0. The summed E-state index contributed by atoms with van der Waals surface area (Å²) in [5.74, 6) is 0.575. The lowest BCUT2D eigenvalue weighted by Gasteiger charge is -2.10. The highest BCUT2D eigenvalue weighted by Gasteiger charge is 2.30. The van der Waals surface area contributed by atoms with Crippen LogP contribution in [0, 0.1) is 5.92 Å². The summed E-state index contributed by atoms with van der Waals surface area (Å²) in [7, 11) is 3.49.